The van der Waals surface area contributed by atoms with Gasteiger partial charge in [-0.15, -0.1) is 0 Å². The first-order valence-electron chi connectivity index (χ1n) is 3.16. The van der Waals surface area contributed by atoms with Crippen molar-refractivity contribution in [3.63, 3.8) is 0 Å². The van der Waals surface area contributed by atoms with Gasteiger partial charge < -0.3 is 10.0 Å². The standard InChI is InChI=1S/C7H13NO2/c1-7(10)3-4-8(2)5-6-9/h3-4,9H,5-6H2,1-2H3/b4-3+. The number of ketones is 1. The Morgan fingerprint density at radius 3 is 2.70 bits per heavy atom. The molecule has 0 rings (SSSR count). The molecule has 3 heteroatoms. The normalized spacial score (nSPS) is 10.3. The third-order valence-corrected chi connectivity index (χ3v) is 1.02. The quantitative estimate of drug-likeness (QED) is 0.564. The van der Waals surface area contributed by atoms with Crippen molar-refractivity contribution < 1.29 is 9.90 Å². The van der Waals surface area contributed by atoms with E-state index in [0.717, 1.165) is 0 Å². The molecular weight excluding hydrogens is 130 g/mol. The summed E-state index contributed by atoms with van der Waals surface area (Å²) in [6.45, 7) is 2.16. The van der Waals surface area contributed by atoms with Crippen LogP contribution in [0.15, 0.2) is 12.3 Å². The van der Waals surface area contributed by atoms with E-state index in [1.165, 1.54) is 13.0 Å². The molecule has 0 unspecified atom stereocenters. The van der Waals surface area contributed by atoms with Gasteiger partial charge in [0.05, 0.1) is 6.61 Å². The van der Waals surface area contributed by atoms with Crippen LogP contribution < -0.4 is 0 Å². The zero-order valence-corrected chi connectivity index (χ0v) is 6.37. The summed E-state index contributed by atoms with van der Waals surface area (Å²) < 4.78 is 0. The molecule has 1 N–H and O–H groups in total. The monoisotopic (exact) mass is 143 g/mol. The lowest BCUT2D eigenvalue weighted by molar-refractivity contribution is -0.112. The van der Waals surface area contributed by atoms with Crippen molar-refractivity contribution in [1.82, 2.24) is 4.90 Å². The minimum Gasteiger partial charge on any atom is -0.395 e. The summed E-state index contributed by atoms with van der Waals surface area (Å²) in [5.41, 5.74) is 0. The predicted molar refractivity (Wildman–Crippen MR) is 39.5 cm³/mol. The molecule has 0 aliphatic heterocycles. The van der Waals surface area contributed by atoms with Crippen LogP contribution in [0.5, 0.6) is 0 Å². The molecule has 0 aliphatic carbocycles. The molecule has 0 aromatic heterocycles. The van der Waals surface area contributed by atoms with Crippen molar-refractivity contribution in [1.29, 1.82) is 0 Å². The van der Waals surface area contributed by atoms with Crippen LogP contribution in [0.25, 0.3) is 0 Å². The predicted octanol–water partition coefficient (Wildman–Crippen LogP) is 0.0132. The Bertz CT molecular complexity index is 132. The maximum absolute atomic E-state index is 10.4. The SMILES string of the molecule is CC(=O)/C=C/N(C)CCO. The number of hydrogen-bond donors (Lipinski definition) is 1. The van der Waals surface area contributed by atoms with Crippen LogP contribution in [0.2, 0.25) is 0 Å². The van der Waals surface area contributed by atoms with Crippen molar-refractivity contribution in [3.05, 3.63) is 12.3 Å². The third kappa shape index (κ3) is 5.31. The molecule has 0 heterocycles. The van der Waals surface area contributed by atoms with E-state index in [0.29, 0.717) is 6.54 Å². The second-order valence-electron chi connectivity index (χ2n) is 2.13. The van der Waals surface area contributed by atoms with Gasteiger partial charge in [0.2, 0.25) is 0 Å². The number of carbonyl (C=O) groups excluding carboxylic acids is 1. The van der Waals surface area contributed by atoms with Gasteiger partial charge in [0.15, 0.2) is 5.78 Å². The number of allylic oxidation sites excluding steroid dienone is 1. The highest BCUT2D eigenvalue weighted by Gasteiger charge is 1.87. The lowest BCUT2D eigenvalue weighted by Gasteiger charge is -2.09. The Labute approximate surface area is 61.0 Å². The Kier molecular flexibility index (Phi) is 4.58. The van der Waals surface area contributed by atoms with E-state index in [1.54, 1.807) is 18.1 Å². The molecule has 0 spiro atoms. The summed E-state index contributed by atoms with van der Waals surface area (Å²) in [5.74, 6) is 0.0183. The number of carbonyl (C=O) groups is 1. The average Bonchev–Trinajstić information content (AvgIpc) is 1.85. The van der Waals surface area contributed by atoms with E-state index in [1.807, 2.05) is 0 Å². The molecule has 0 saturated carbocycles. The summed E-state index contributed by atoms with van der Waals surface area (Å²) >= 11 is 0. The second-order valence-corrected chi connectivity index (χ2v) is 2.13. The minimum absolute atomic E-state index is 0.0183. The Hall–Kier alpha value is -0.830. The zero-order valence-electron chi connectivity index (χ0n) is 6.37. The van der Waals surface area contributed by atoms with Crippen molar-refractivity contribution >= 4 is 5.78 Å². The topological polar surface area (TPSA) is 40.5 Å². The summed E-state index contributed by atoms with van der Waals surface area (Å²) in [7, 11) is 1.80. The van der Waals surface area contributed by atoms with Gasteiger partial charge in [0.1, 0.15) is 0 Å². The van der Waals surface area contributed by atoms with Crippen LogP contribution in [-0.4, -0.2) is 36.0 Å². The van der Waals surface area contributed by atoms with Crippen molar-refractivity contribution in [3.8, 4) is 0 Å². The highest BCUT2D eigenvalue weighted by atomic mass is 16.3. The van der Waals surface area contributed by atoms with E-state index in [9.17, 15) is 4.79 Å². The van der Waals surface area contributed by atoms with Gasteiger partial charge in [-0.2, -0.15) is 0 Å². The van der Waals surface area contributed by atoms with Crippen LogP contribution in [0.4, 0.5) is 0 Å². The van der Waals surface area contributed by atoms with Gasteiger partial charge >= 0.3 is 0 Å². The molecular formula is C7H13NO2. The largest absolute Gasteiger partial charge is 0.395 e. The number of aliphatic hydroxyl groups excluding tert-OH is 1. The molecule has 0 fully saturated rings. The number of hydrogen-bond acceptors (Lipinski definition) is 3. The molecule has 58 valence electrons. The van der Waals surface area contributed by atoms with Crippen molar-refractivity contribution in [2.24, 2.45) is 0 Å². The zero-order chi connectivity index (χ0) is 7.98. The average molecular weight is 143 g/mol. The van der Waals surface area contributed by atoms with E-state index in [2.05, 4.69) is 0 Å². The summed E-state index contributed by atoms with van der Waals surface area (Å²) in [4.78, 5) is 12.1. The fourth-order valence-electron chi connectivity index (χ4n) is 0.464. The van der Waals surface area contributed by atoms with Gasteiger partial charge in [0.25, 0.3) is 0 Å². The number of aliphatic hydroxyl groups is 1. The minimum atomic E-state index is 0.0183. The molecule has 0 atom stereocenters. The first-order valence-corrected chi connectivity index (χ1v) is 3.16. The first-order chi connectivity index (χ1) is 4.66. The van der Waals surface area contributed by atoms with Gasteiger partial charge in [-0.25, -0.2) is 0 Å². The molecule has 10 heavy (non-hydrogen) atoms. The fourth-order valence-corrected chi connectivity index (χ4v) is 0.464. The van der Waals surface area contributed by atoms with Gasteiger partial charge in [-0.3, -0.25) is 4.79 Å². The van der Waals surface area contributed by atoms with Crippen LogP contribution in [0.1, 0.15) is 6.92 Å². The lowest BCUT2D eigenvalue weighted by Crippen LogP contribution is -2.15. The van der Waals surface area contributed by atoms with Gasteiger partial charge in [-0.05, 0) is 13.0 Å². The summed E-state index contributed by atoms with van der Waals surface area (Å²) in [6, 6.07) is 0. The van der Waals surface area contributed by atoms with Crippen LogP contribution in [0.3, 0.4) is 0 Å². The molecule has 0 bridgehead atoms. The maximum Gasteiger partial charge on any atom is 0.154 e. The molecule has 0 radical (unpaired) electrons. The van der Waals surface area contributed by atoms with E-state index < -0.39 is 0 Å². The Morgan fingerprint density at radius 2 is 2.30 bits per heavy atom. The number of nitrogens with zero attached hydrogens (tertiary/aromatic N) is 1. The number of likely N-dealkylation sites (N-methyl/N-ethyl adjacent to an activating group) is 1. The highest BCUT2D eigenvalue weighted by Crippen LogP contribution is 1.83. The molecule has 3 nitrogen and oxygen atoms in total. The second kappa shape index (κ2) is 4.99. The summed E-state index contributed by atoms with van der Waals surface area (Å²) in [5, 5.41) is 8.44. The van der Waals surface area contributed by atoms with E-state index in [4.69, 9.17) is 5.11 Å². The van der Waals surface area contributed by atoms with Crippen LogP contribution >= 0.6 is 0 Å². The maximum atomic E-state index is 10.4. The fraction of sp³-hybridized carbons (Fsp3) is 0.571. The van der Waals surface area contributed by atoms with Crippen molar-refractivity contribution in [2.45, 2.75) is 6.92 Å². The summed E-state index contributed by atoms with van der Waals surface area (Å²) in [6.07, 6.45) is 3.12. The smallest absolute Gasteiger partial charge is 0.154 e. The van der Waals surface area contributed by atoms with Gasteiger partial charge in [0, 0.05) is 19.8 Å². The van der Waals surface area contributed by atoms with Crippen molar-refractivity contribution in [2.75, 3.05) is 20.2 Å². The molecule has 0 aromatic carbocycles. The van der Waals surface area contributed by atoms with E-state index in [-0.39, 0.29) is 12.4 Å². The molecule has 0 aromatic rings. The van der Waals surface area contributed by atoms with E-state index >= 15 is 0 Å². The first kappa shape index (κ1) is 9.17. The molecule has 0 saturated heterocycles. The van der Waals surface area contributed by atoms with Gasteiger partial charge in [-0.1, -0.05) is 0 Å². The van der Waals surface area contributed by atoms with Crippen LogP contribution in [0, 0.1) is 0 Å². The number of rotatable bonds is 4. The highest BCUT2D eigenvalue weighted by molar-refractivity contribution is 5.87. The molecule has 0 aliphatic rings. The third-order valence-electron chi connectivity index (χ3n) is 1.02. The Balaban J connectivity index is 3.55. The molecule has 0 amide bonds. The van der Waals surface area contributed by atoms with Crippen LogP contribution in [-0.2, 0) is 4.79 Å². The Morgan fingerprint density at radius 1 is 1.70 bits per heavy atom. The lowest BCUT2D eigenvalue weighted by atomic mass is 10.4.